The minimum absolute atomic E-state index is 0.0621. The summed E-state index contributed by atoms with van der Waals surface area (Å²) in [7, 11) is 1.51. The summed E-state index contributed by atoms with van der Waals surface area (Å²) in [5.41, 5.74) is 0.476. The number of rotatable bonds is 6. The Morgan fingerprint density at radius 2 is 1.91 bits per heavy atom. The molecule has 2 fully saturated rings. The lowest BCUT2D eigenvalue weighted by Crippen LogP contribution is -2.67. The first-order chi connectivity index (χ1) is 15.3. The second-order valence-electron chi connectivity index (χ2n) is 7.68. The van der Waals surface area contributed by atoms with Crippen LogP contribution >= 0.6 is 11.6 Å². The van der Waals surface area contributed by atoms with Crippen LogP contribution in [0, 0.1) is 11.7 Å². The van der Waals surface area contributed by atoms with Gasteiger partial charge < -0.3 is 9.74 Å². The molecule has 32 heavy (non-hydrogen) atoms. The van der Waals surface area contributed by atoms with Crippen LogP contribution in [0.5, 0.6) is 0 Å². The second-order valence-corrected chi connectivity index (χ2v) is 8.12. The Kier molecular flexibility index (Phi) is 6.36. The van der Waals surface area contributed by atoms with Crippen molar-refractivity contribution in [2.45, 2.75) is 19.0 Å². The van der Waals surface area contributed by atoms with E-state index in [9.17, 15) is 22.8 Å². The Morgan fingerprint density at radius 1 is 1.22 bits per heavy atom. The maximum absolute atomic E-state index is 14.5. The predicted molar refractivity (Wildman–Crippen MR) is 109 cm³/mol. The van der Waals surface area contributed by atoms with Crippen LogP contribution < -0.4 is 4.90 Å². The van der Waals surface area contributed by atoms with Crippen molar-refractivity contribution in [3.05, 3.63) is 58.5 Å². The third kappa shape index (κ3) is 4.30. The van der Waals surface area contributed by atoms with Crippen LogP contribution in [0.3, 0.4) is 0 Å². The van der Waals surface area contributed by atoms with E-state index in [1.165, 1.54) is 42.5 Å². The third-order valence-electron chi connectivity index (χ3n) is 5.68. The number of hydrogen-bond acceptors (Lipinski definition) is 5. The highest BCUT2D eigenvalue weighted by Crippen LogP contribution is 2.32. The molecule has 0 aliphatic carbocycles. The zero-order valence-corrected chi connectivity index (χ0v) is 17.8. The van der Waals surface area contributed by atoms with E-state index in [1.54, 1.807) is 5.06 Å². The van der Waals surface area contributed by atoms with Crippen molar-refractivity contribution in [1.82, 2.24) is 14.9 Å². The Balaban J connectivity index is 1.62. The van der Waals surface area contributed by atoms with Gasteiger partial charge in [-0.3, -0.25) is 14.5 Å². The highest BCUT2D eigenvalue weighted by Gasteiger charge is 2.48. The SMILES string of the molecule is CON1CC(C2C(=O)N(c3ncc(Cl)cc3F)CC(=O)N2Cc2ccc(C(F)F)cc2)C1. The standard InChI is InChI=1S/C21H20ClF3N4O3/c1-32-27-9-14(10-27)18-21(31)29(20-16(23)6-15(22)7-26-20)11-17(30)28(18)8-12-2-4-13(5-3-12)19(24)25/h2-7,14,18-19H,8-11H2,1H3. The fourth-order valence-electron chi connectivity index (χ4n) is 3.96. The zero-order chi connectivity index (χ0) is 23.0. The van der Waals surface area contributed by atoms with Gasteiger partial charge in [0.1, 0.15) is 12.6 Å². The molecule has 4 rings (SSSR count). The number of halogens is 4. The van der Waals surface area contributed by atoms with Crippen LogP contribution in [0.2, 0.25) is 5.02 Å². The van der Waals surface area contributed by atoms with E-state index in [0.29, 0.717) is 18.7 Å². The molecular weight excluding hydrogens is 449 g/mol. The van der Waals surface area contributed by atoms with Crippen molar-refractivity contribution in [3.63, 3.8) is 0 Å². The van der Waals surface area contributed by atoms with Gasteiger partial charge in [0.05, 0.1) is 12.1 Å². The molecule has 0 bridgehead atoms. The smallest absolute Gasteiger partial charge is 0.263 e. The van der Waals surface area contributed by atoms with E-state index in [1.807, 2.05) is 0 Å². The maximum atomic E-state index is 14.5. The minimum Gasteiger partial charge on any atom is -0.324 e. The van der Waals surface area contributed by atoms with Gasteiger partial charge in [-0.25, -0.2) is 18.2 Å². The summed E-state index contributed by atoms with van der Waals surface area (Å²) in [5.74, 6) is -2.19. The number of benzene rings is 1. The van der Waals surface area contributed by atoms with Crippen LogP contribution in [0.25, 0.3) is 0 Å². The van der Waals surface area contributed by atoms with Crippen molar-refractivity contribution < 1.29 is 27.6 Å². The molecule has 0 N–H and O–H groups in total. The van der Waals surface area contributed by atoms with Crippen molar-refractivity contribution in [2.75, 3.05) is 31.6 Å². The number of amides is 2. The summed E-state index contributed by atoms with van der Waals surface area (Å²) in [4.78, 5) is 38.0. The molecule has 2 amide bonds. The average Bonchev–Trinajstić information content (AvgIpc) is 2.72. The highest BCUT2D eigenvalue weighted by molar-refractivity contribution is 6.30. The van der Waals surface area contributed by atoms with Gasteiger partial charge in [-0.15, -0.1) is 0 Å². The normalized spacial score (nSPS) is 20.2. The van der Waals surface area contributed by atoms with Gasteiger partial charge in [0, 0.05) is 37.3 Å². The van der Waals surface area contributed by atoms with E-state index in [4.69, 9.17) is 16.4 Å². The maximum Gasteiger partial charge on any atom is 0.263 e. The van der Waals surface area contributed by atoms with Crippen molar-refractivity contribution in [1.29, 1.82) is 0 Å². The quantitative estimate of drug-likeness (QED) is 0.652. The predicted octanol–water partition coefficient (Wildman–Crippen LogP) is 3.05. The van der Waals surface area contributed by atoms with Crippen molar-refractivity contribution in [2.24, 2.45) is 5.92 Å². The van der Waals surface area contributed by atoms with Crippen LogP contribution in [-0.2, 0) is 21.0 Å². The number of piperazine rings is 1. The number of pyridine rings is 1. The van der Waals surface area contributed by atoms with E-state index < -0.39 is 36.6 Å². The zero-order valence-electron chi connectivity index (χ0n) is 17.1. The fraction of sp³-hybridized carbons (Fsp3) is 0.381. The molecule has 7 nitrogen and oxygen atoms in total. The average molecular weight is 469 g/mol. The van der Waals surface area contributed by atoms with Crippen molar-refractivity contribution >= 4 is 29.2 Å². The number of hydroxylamine groups is 2. The number of alkyl halides is 2. The first-order valence-electron chi connectivity index (χ1n) is 9.86. The van der Waals surface area contributed by atoms with Crippen LogP contribution in [0.15, 0.2) is 36.5 Å². The molecule has 11 heteroatoms. The summed E-state index contributed by atoms with van der Waals surface area (Å²) in [6.07, 6.45) is -1.39. The second kappa shape index (κ2) is 9.05. The summed E-state index contributed by atoms with van der Waals surface area (Å²) < 4.78 is 40.2. The van der Waals surface area contributed by atoms with E-state index in [2.05, 4.69) is 4.98 Å². The summed E-state index contributed by atoms with van der Waals surface area (Å²) in [6.45, 7) is 0.486. The van der Waals surface area contributed by atoms with E-state index in [-0.39, 0.29) is 28.9 Å². The Labute approximate surface area is 187 Å². The lowest BCUT2D eigenvalue weighted by atomic mass is 9.89. The molecule has 2 aliphatic heterocycles. The van der Waals surface area contributed by atoms with Gasteiger partial charge in [0.15, 0.2) is 11.6 Å². The monoisotopic (exact) mass is 468 g/mol. The van der Waals surface area contributed by atoms with Gasteiger partial charge in [-0.2, -0.15) is 5.06 Å². The highest BCUT2D eigenvalue weighted by atomic mass is 35.5. The molecule has 0 spiro atoms. The first kappa shape index (κ1) is 22.5. The van der Waals surface area contributed by atoms with Gasteiger partial charge in [0.25, 0.3) is 12.3 Å². The van der Waals surface area contributed by atoms with E-state index >= 15 is 0 Å². The van der Waals surface area contributed by atoms with Gasteiger partial charge in [0.2, 0.25) is 5.91 Å². The molecule has 170 valence electrons. The lowest BCUT2D eigenvalue weighted by molar-refractivity contribution is -0.210. The third-order valence-corrected chi connectivity index (χ3v) is 5.88. The molecule has 1 aromatic carbocycles. The van der Waals surface area contributed by atoms with Crippen molar-refractivity contribution in [3.8, 4) is 0 Å². The van der Waals surface area contributed by atoms with E-state index in [0.717, 1.165) is 11.0 Å². The van der Waals surface area contributed by atoms with Crippen LogP contribution in [0.4, 0.5) is 19.0 Å². The number of anilines is 1. The first-order valence-corrected chi connectivity index (χ1v) is 10.2. The summed E-state index contributed by atoms with van der Waals surface area (Å²) in [6, 6.07) is 5.75. The lowest BCUT2D eigenvalue weighted by Gasteiger charge is -2.48. The molecule has 2 aliphatic rings. The molecule has 1 atom stereocenters. The molecule has 3 heterocycles. The van der Waals surface area contributed by atoms with Gasteiger partial charge >= 0.3 is 0 Å². The Morgan fingerprint density at radius 3 is 2.50 bits per heavy atom. The minimum atomic E-state index is -2.60. The van der Waals surface area contributed by atoms with Crippen LogP contribution in [0.1, 0.15) is 17.6 Å². The Hall–Kier alpha value is -2.69. The Bertz CT molecular complexity index is 1020. The van der Waals surface area contributed by atoms with Gasteiger partial charge in [-0.05, 0) is 11.6 Å². The summed E-state index contributed by atoms with van der Waals surface area (Å²) in [5, 5.41) is 1.71. The molecule has 2 saturated heterocycles. The fourth-order valence-corrected chi connectivity index (χ4v) is 4.11. The molecule has 1 unspecified atom stereocenters. The molecule has 0 radical (unpaired) electrons. The number of nitrogens with zero attached hydrogens (tertiary/aromatic N) is 4. The molecule has 2 aromatic rings. The number of aromatic nitrogens is 1. The molecule has 1 aromatic heterocycles. The van der Waals surface area contributed by atoms with Gasteiger partial charge in [-0.1, -0.05) is 35.9 Å². The topological polar surface area (TPSA) is 66.0 Å². The number of carbonyl (C=O) groups excluding carboxylic acids is 2. The van der Waals surface area contributed by atoms with Crippen LogP contribution in [-0.4, -0.2) is 59.5 Å². The number of hydrogen-bond donors (Lipinski definition) is 0. The summed E-state index contributed by atoms with van der Waals surface area (Å²) >= 11 is 5.76. The largest absolute Gasteiger partial charge is 0.324 e. The number of carbonyl (C=O) groups is 2. The molecule has 0 saturated carbocycles. The molecular formula is C21H20ClF3N4O3.